The Morgan fingerprint density at radius 3 is 2.52 bits per heavy atom. The van der Waals surface area contributed by atoms with Crippen molar-refractivity contribution in [2.24, 2.45) is 0 Å². The largest absolute Gasteiger partial charge is 0.243 e. The van der Waals surface area contributed by atoms with Crippen LogP contribution in [0, 0.1) is 5.82 Å². The minimum absolute atomic E-state index is 0.158. The first kappa shape index (κ1) is 16.3. The molecule has 0 heterocycles. The summed E-state index contributed by atoms with van der Waals surface area (Å²) in [6.45, 7) is 0.212. The maximum atomic E-state index is 13.6. The van der Waals surface area contributed by atoms with Gasteiger partial charge in [-0.25, -0.2) is 17.5 Å². The lowest BCUT2D eigenvalue weighted by molar-refractivity contribution is 0.559. The second-order valence-corrected chi connectivity index (χ2v) is 7.47. The summed E-state index contributed by atoms with van der Waals surface area (Å²) in [6.07, 6.45) is 0. The van der Waals surface area contributed by atoms with Crippen molar-refractivity contribution >= 4 is 33.4 Å². The van der Waals surface area contributed by atoms with E-state index in [1.807, 2.05) is 30.3 Å². The van der Waals surface area contributed by atoms with Gasteiger partial charge >= 0.3 is 0 Å². The lowest BCUT2D eigenvalue weighted by Crippen LogP contribution is -2.26. The Balaban J connectivity index is 1.92. The second-order valence-electron chi connectivity index (χ2n) is 4.13. The zero-order valence-electron chi connectivity index (χ0n) is 10.9. The van der Waals surface area contributed by atoms with Crippen LogP contribution in [-0.2, 0) is 10.0 Å². The topological polar surface area (TPSA) is 46.2 Å². The normalized spacial score (nSPS) is 11.5. The fraction of sp³-hybridized carbons (Fsp3) is 0.143. The third kappa shape index (κ3) is 4.71. The summed E-state index contributed by atoms with van der Waals surface area (Å²) in [5.41, 5.74) is 0. The molecule has 0 aliphatic heterocycles. The lowest BCUT2D eigenvalue weighted by Gasteiger charge is -2.08. The van der Waals surface area contributed by atoms with Crippen molar-refractivity contribution in [2.75, 3.05) is 12.3 Å². The molecule has 2 aromatic rings. The van der Waals surface area contributed by atoms with Crippen molar-refractivity contribution in [2.45, 2.75) is 9.79 Å². The Morgan fingerprint density at radius 1 is 1.14 bits per heavy atom. The average molecular weight is 346 g/mol. The third-order valence-electron chi connectivity index (χ3n) is 2.59. The number of sulfonamides is 1. The van der Waals surface area contributed by atoms with Crippen molar-refractivity contribution in [3.05, 3.63) is 59.4 Å². The summed E-state index contributed by atoms with van der Waals surface area (Å²) in [5, 5.41) is 0.158. The van der Waals surface area contributed by atoms with Crippen molar-refractivity contribution in [1.82, 2.24) is 4.72 Å². The molecule has 0 amide bonds. The first-order chi connectivity index (χ1) is 9.99. The number of benzene rings is 2. The molecule has 0 unspecified atom stereocenters. The van der Waals surface area contributed by atoms with E-state index in [1.165, 1.54) is 17.8 Å². The number of thioether (sulfide) groups is 1. The molecule has 0 bridgehead atoms. The minimum Gasteiger partial charge on any atom is -0.210 e. The van der Waals surface area contributed by atoms with Crippen LogP contribution in [-0.4, -0.2) is 20.7 Å². The summed E-state index contributed by atoms with van der Waals surface area (Å²) >= 11 is 7.12. The molecular formula is C14H13ClFNO2S2. The van der Waals surface area contributed by atoms with Gasteiger partial charge in [-0.2, -0.15) is 0 Å². The van der Waals surface area contributed by atoms with E-state index in [1.54, 1.807) is 0 Å². The van der Waals surface area contributed by atoms with Gasteiger partial charge in [-0.3, -0.25) is 0 Å². The summed E-state index contributed by atoms with van der Waals surface area (Å²) in [5.74, 6) is -0.302. The second kappa shape index (κ2) is 7.26. The molecule has 112 valence electrons. The van der Waals surface area contributed by atoms with Crippen LogP contribution in [0.2, 0.25) is 5.02 Å². The van der Waals surface area contributed by atoms with Crippen LogP contribution < -0.4 is 4.72 Å². The molecule has 0 aliphatic rings. The van der Waals surface area contributed by atoms with Gasteiger partial charge in [0.15, 0.2) is 0 Å². The van der Waals surface area contributed by atoms with E-state index >= 15 is 0 Å². The molecule has 0 spiro atoms. The van der Waals surface area contributed by atoms with Gasteiger partial charge in [-0.05, 0) is 30.3 Å². The molecule has 3 nitrogen and oxygen atoms in total. The number of hydrogen-bond acceptors (Lipinski definition) is 3. The molecule has 0 aromatic heterocycles. The van der Waals surface area contributed by atoms with Gasteiger partial charge in [0.25, 0.3) is 0 Å². The summed E-state index contributed by atoms with van der Waals surface area (Å²) < 4.78 is 39.9. The van der Waals surface area contributed by atoms with E-state index in [-0.39, 0.29) is 11.6 Å². The van der Waals surface area contributed by atoms with Gasteiger partial charge < -0.3 is 0 Å². The summed E-state index contributed by atoms with van der Waals surface area (Å²) in [6, 6.07) is 13.1. The van der Waals surface area contributed by atoms with E-state index in [0.29, 0.717) is 5.75 Å². The Hall–Kier alpha value is -1.08. The number of rotatable bonds is 6. The first-order valence-electron chi connectivity index (χ1n) is 6.11. The Labute approximate surface area is 132 Å². The van der Waals surface area contributed by atoms with E-state index in [9.17, 15) is 12.8 Å². The molecule has 2 aromatic carbocycles. The number of hydrogen-bond donors (Lipinski definition) is 1. The molecule has 0 atom stereocenters. The molecule has 0 fully saturated rings. The van der Waals surface area contributed by atoms with Gasteiger partial charge in [-0.15, -0.1) is 11.8 Å². The van der Waals surface area contributed by atoms with Gasteiger partial charge in [-0.1, -0.05) is 29.8 Å². The molecule has 0 radical (unpaired) electrons. The van der Waals surface area contributed by atoms with E-state index in [0.717, 1.165) is 17.0 Å². The van der Waals surface area contributed by atoms with Crippen LogP contribution in [0.4, 0.5) is 4.39 Å². The lowest BCUT2D eigenvalue weighted by atomic mass is 10.3. The molecule has 1 N–H and O–H groups in total. The van der Waals surface area contributed by atoms with Crippen molar-refractivity contribution in [1.29, 1.82) is 0 Å². The van der Waals surface area contributed by atoms with Gasteiger partial charge in [0.1, 0.15) is 10.7 Å². The van der Waals surface area contributed by atoms with E-state index in [2.05, 4.69) is 4.72 Å². The highest BCUT2D eigenvalue weighted by molar-refractivity contribution is 7.99. The highest BCUT2D eigenvalue weighted by atomic mass is 35.5. The Morgan fingerprint density at radius 2 is 1.86 bits per heavy atom. The molecule has 0 aliphatic carbocycles. The van der Waals surface area contributed by atoms with Gasteiger partial charge in [0, 0.05) is 22.2 Å². The third-order valence-corrected chi connectivity index (χ3v) is 5.33. The van der Waals surface area contributed by atoms with Gasteiger partial charge in [0.05, 0.1) is 0 Å². The van der Waals surface area contributed by atoms with Crippen molar-refractivity contribution < 1.29 is 12.8 Å². The van der Waals surface area contributed by atoms with Crippen LogP contribution in [0.3, 0.4) is 0 Å². The van der Waals surface area contributed by atoms with Gasteiger partial charge in [0.2, 0.25) is 10.0 Å². The maximum Gasteiger partial charge on any atom is 0.243 e. The summed E-state index contributed by atoms with van der Waals surface area (Å²) in [4.78, 5) is 0.658. The maximum absolute atomic E-state index is 13.6. The quantitative estimate of drug-likeness (QED) is 0.643. The first-order valence-corrected chi connectivity index (χ1v) is 8.96. The molecule has 2 rings (SSSR count). The fourth-order valence-corrected chi connectivity index (χ4v) is 3.80. The van der Waals surface area contributed by atoms with E-state index in [4.69, 9.17) is 11.6 Å². The highest BCUT2D eigenvalue weighted by Gasteiger charge is 2.18. The molecule has 0 saturated carbocycles. The smallest absolute Gasteiger partial charge is 0.210 e. The average Bonchev–Trinajstić information content (AvgIpc) is 2.44. The fourth-order valence-electron chi connectivity index (χ4n) is 1.63. The molecular weight excluding hydrogens is 333 g/mol. The number of halogens is 2. The van der Waals surface area contributed by atoms with Crippen LogP contribution in [0.1, 0.15) is 0 Å². The molecule has 0 saturated heterocycles. The summed E-state index contributed by atoms with van der Waals surface area (Å²) in [7, 11) is -3.86. The van der Waals surface area contributed by atoms with Crippen molar-refractivity contribution in [3.8, 4) is 0 Å². The Kier molecular flexibility index (Phi) is 5.64. The van der Waals surface area contributed by atoms with Crippen LogP contribution >= 0.6 is 23.4 Å². The monoisotopic (exact) mass is 345 g/mol. The van der Waals surface area contributed by atoms with Crippen molar-refractivity contribution in [3.63, 3.8) is 0 Å². The predicted octanol–water partition coefficient (Wildman–Crippen LogP) is 3.55. The number of nitrogens with one attached hydrogen (secondary N) is 1. The standard InChI is InChI=1S/C14H13ClFNO2S2/c15-11-6-7-14(13(16)10-11)21(18,19)17-8-9-20-12-4-2-1-3-5-12/h1-7,10,17H,8-9H2. The predicted molar refractivity (Wildman–Crippen MR) is 83.8 cm³/mol. The van der Waals surface area contributed by atoms with Crippen LogP contribution in [0.25, 0.3) is 0 Å². The Bertz CT molecular complexity index is 708. The molecule has 21 heavy (non-hydrogen) atoms. The van der Waals surface area contributed by atoms with Crippen LogP contribution in [0.5, 0.6) is 0 Å². The minimum atomic E-state index is -3.86. The zero-order valence-corrected chi connectivity index (χ0v) is 13.3. The van der Waals surface area contributed by atoms with E-state index < -0.39 is 20.7 Å². The SMILES string of the molecule is O=S(=O)(NCCSc1ccccc1)c1ccc(Cl)cc1F. The van der Waals surface area contributed by atoms with Crippen LogP contribution in [0.15, 0.2) is 58.3 Å². The molecule has 7 heteroatoms. The highest BCUT2D eigenvalue weighted by Crippen LogP contribution is 2.19. The zero-order chi connectivity index (χ0) is 15.3.